The van der Waals surface area contributed by atoms with Gasteiger partial charge in [-0.1, -0.05) is 25.5 Å². The summed E-state index contributed by atoms with van der Waals surface area (Å²) in [5, 5.41) is 7.06. The van der Waals surface area contributed by atoms with Gasteiger partial charge >= 0.3 is 0 Å². The molecule has 22 heavy (non-hydrogen) atoms. The first kappa shape index (κ1) is 16.2. The molecular formula is C16H23N5O. The Morgan fingerprint density at radius 2 is 2.09 bits per heavy atom. The summed E-state index contributed by atoms with van der Waals surface area (Å²) in [5.74, 6) is -0.123. The van der Waals surface area contributed by atoms with Crippen molar-refractivity contribution in [3.8, 4) is 5.69 Å². The predicted molar refractivity (Wildman–Crippen MR) is 85.4 cm³/mol. The van der Waals surface area contributed by atoms with Crippen molar-refractivity contribution < 1.29 is 4.79 Å². The number of carbonyl (C=O) groups is 1. The van der Waals surface area contributed by atoms with Crippen molar-refractivity contribution in [2.24, 2.45) is 5.73 Å². The molecule has 2 atom stereocenters. The topological polar surface area (TPSA) is 85.8 Å². The molecule has 1 aromatic carbocycles. The van der Waals surface area contributed by atoms with E-state index >= 15 is 0 Å². The van der Waals surface area contributed by atoms with E-state index in [-0.39, 0.29) is 11.9 Å². The summed E-state index contributed by atoms with van der Waals surface area (Å²) in [7, 11) is 0. The summed E-state index contributed by atoms with van der Waals surface area (Å²) in [6.07, 6.45) is 4.68. The van der Waals surface area contributed by atoms with Crippen LogP contribution < -0.4 is 11.1 Å². The Kier molecular flexibility index (Phi) is 4.92. The van der Waals surface area contributed by atoms with Crippen molar-refractivity contribution in [1.82, 2.24) is 20.1 Å². The van der Waals surface area contributed by atoms with Gasteiger partial charge in [-0.3, -0.25) is 4.79 Å². The van der Waals surface area contributed by atoms with E-state index in [1.165, 1.54) is 6.33 Å². The summed E-state index contributed by atoms with van der Waals surface area (Å²) < 4.78 is 1.69. The number of nitrogens with zero attached hydrogens (tertiary/aromatic N) is 3. The molecular weight excluding hydrogens is 278 g/mol. The third kappa shape index (κ3) is 3.71. The van der Waals surface area contributed by atoms with Gasteiger partial charge in [0, 0.05) is 0 Å². The predicted octanol–water partition coefficient (Wildman–Crippen LogP) is 1.96. The summed E-state index contributed by atoms with van der Waals surface area (Å²) in [6.45, 7) is 5.74. The first-order valence-electron chi connectivity index (χ1n) is 7.49. The van der Waals surface area contributed by atoms with E-state index in [4.69, 9.17) is 5.73 Å². The van der Waals surface area contributed by atoms with Gasteiger partial charge in [0.05, 0.1) is 17.3 Å². The van der Waals surface area contributed by atoms with Gasteiger partial charge in [0.25, 0.3) is 0 Å². The molecule has 0 radical (unpaired) electrons. The highest BCUT2D eigenvalue weighted by Gasteiger charge is 2.28. The maximum atomic E-state index is 12.2. The molecule has 2 aromatic rings. The van der Waals surface area contributed by atoms with E-state index < -0.39 is 5.54 Å². The molecule has 0 fully saturated rings. The summed E-state index contributed by atoms with van der Waals surface area (Å²) in [4.78, 5) is 16.2. The van der Waals surface area contributed by atoms with Crippen LogP contribution in [0.3, 0.4) is 0 Å². The Labute approximate surface area is 130 Å². The zero-order valence-corrected chi connectivity index (χ0v) is 13.3. The van der Waals surface area contributed by atoms with Crippen LogP contribution in [0.4, 0.5) is 0 Å². The van der Waals surface area contributed by atoms with Crippen molar-refractivity contribution in [1.29, 1.82) is 0 Å². The standard InChI is InChI=1S/C16H23N5O/c1-4-9-16(3,17)15(22)20-12(2)13-5-7-14(8-6-13)21-11-18-10-19-21/h5-8,10-12H,4,9,17H2,1-3H3,(H,20,22). The maximum Gasteiger partial charge on any atom is 0.240 e. The van der Waals surface area contributed by atoms with Crippen molar-refractivity contribution in [2.45, 2.75) is 45.2 Å². The Bertz CT molecular complexity index is 604. The van der Waals surface area contributed by atoms with Crippen LogP contribution in [0, 0.1) is 0 Å². The lowest BCUT2D eigenvalue weighted by molar-refractivity contribution is -0.126. The van der Waals surface area contributed by atoms with Crippen LogP contribution in [-0.2, 0) is 4.79 Å². The van der Waals surface area contributed by atoms with E-state index in [1.807, 2.05) is 38.1 Å². The SMILES string of the molecule is CCCC(C)(N)C(=O)NC(C)c1ccc(-n2cncn2)cc1. The van der Waals surface area contributed by atoms with Gasteiger partial charge in [-0.2, -0.15) is 5.10 Å². The van der Waals surface area contributed by atoms with E-state index in [0.717, 1.165) is 17.7 Å². The number of nitrogens with one attached hydrogen (secondary N) is 1. The van der Waals surface area contributed by atoms with Gasteiger partial charge in [0.15, 0.2) is 0 Å². The molecule has 1 aromatic heterocycles. The third-order valence-corrected chi connectivity index (χ3v) is 3.71. The number of rotatable bonds is 6. The highest BCUT2D eigenvalue weighted by Crippen LogP contribution is 2.17. The Balaban J connectivity index is 2.04. The number of benzene rings is 1. The molecule has 0 aliphatic rings. The zero-order valence-electron chi connectivity index (χ0n) is 13.3. The average Bonchev–Trinajstić information content (AvgIpc) is 3.01. The lowest BCUT2D eigenvalue weighted by Crippen LogP contribution is -2.52. The van der Waals surface area contributed by atoms with E-state index in [0.29, 0.717) is 6.42 Å². The highest BCUT2D eigenvalue weighted by atomic mass is 16.2. The van der Waals surface area contributed by atoms with Crippen LogP contribution >= 0.6 is 0 Å². The molecule has 1 heterocycles. The van der Waals surface area contributed by atoms with Crippen LogP contribution in [0.15, 0.2) is 36.9 Å². The highest BCUT2D eigenvalue weighted by molar-refractivity contribution is 5.85. The minimum Gasteiger partial charge on any atom is -0.348 e. The number of carbonyl (C=O) groups excluding carboxylic acids is 1. The van der Waals surface area contributed by atoms with Gasteiger partial charge in [-0.15, -0.1) is 0 Å². The quantitative estimate of drug-likeness (QED) is 0.854. The van der Waals surface area contributed by atoms with E-state index in [9.17, 15) is 4.79 Å². The molecule has 0 spiro atoms. The summed E-state index contributed by atoms with van der Waals surface area (Å²) in [5.41, 5.74) is 7.17. The fourth-order valence-electron chi connectivity index (χ4n) is 2.33. The molecule has 0 aliphatic carbocycles. The Hall–Kier alpha value is -2.21. The van der Waals surface area contributed by atoms with Gasteiger partial charge < -0.3 is 11.1 Å². The van der Waals surface area contributed by atoms with Gasteiger partial charge in [-0.25, -0.2) is 9.67 Å². The number of hydrogen-bond acceptors (Lipinski definition) is 4. The maximum absolute atomic E-state index is 12.2. The van der Waals surface area contributed by atoms with Gasteiger partial charge in [0.2, 0.25) is 5.91 Å². The molecule has 2 unspecified atom stereocenters. The minimum atomic E-state index is -0.830. The summed E-state index contributed by atoms with van der Waals surface area (Å²) >= 11 is 0. The lowest BCUT2D eigenvalue weighted by Gasteiger charge is -2.25. The van der Waals surface area contributed by atoms with Crippen LogP contribution in [0.2, 0.25) is 0 Å². The first-order valence-corrected chi connectivity index (χ1v) is 7.49. The van der Waals surface area contributed by atoms with Gasteiger partial charge in [-0.05, 0) is 38.0 Å². The van der Waals surface area contributed by atoms with E-state index in [2.05, 4.69) is 15.4 Å². The molecule has 3 N–H and O–H groups in total. The van der Waals surface area contributed by atoms with Crippen molar-refractivity contribution in [3.63, 3.8) is 0 Å². The summed E-state index contributed by atoms with van der Waals surface area (Å²) in [6, 6.07) is 7.73. The lowest BCUT2D eigenvalue weighted by atomic mass is 9.95. The van der Waals surface area contributed by atoms with Crippen LogP contribution in [0.1, 0.15) is 45.2 Å². The fraction of sp³-hybridized carbons (Fsp3) is 0.438. The molecule has 6 heteroatoms. The first-order chi connectivity index (χ1) is 10.4. The van der Waals surface area contributed by atoms with E-state index in [1.54, 1.807) is 17.9 Å². The zero-order chi connectivity index (χ0) is 16.2. The second kappa shape index (κ2) is 6.70. The largest absolute Gasteiger partial charge is 0.348 e. The second-order valence-electron chi connectivity index (χ2n) is 5.79. The average molecular weight is 301 g/mol. The Morgan fingerprint density at radius 3 is 2.64 bits per heavy atom. The van der Waals surface area contributed by atoms with Crippen molar-refractivity contribution >= 4 is 5.91 Å². The number of hydrogen-bond donors (Lipinski definition) is 2. The molecule has 0 saturated carbocycles. The van der Waals surface area contributed by atoms with Crippen LogP contribution in [0.25, 0.3) is 5.69 Å². The number of amides is 1. The third-order valence-electron chi connectivity index (χ3n) is 3.71. The fourth-order valence-corrected chi connectivity index (χ4v) is 2.33. The smallest absolute Gasteiger partial charge is 0.240 e. The van der Waals surface area contributed by atoms with Crippen LogP contribution in [-0.4, -0.2) is 26.2 Å². The Morgan fingerprint density at radius 1 is 1.41 bits per heavy atom. The molecule has 0 saturated heterocycles. The second-order valence-corrected chi connectivity index (χ2v) is 5.79. The molecule has 0 aliphatic heterocycles. The molecule has 6 nitrogen and oxygen atoms in total. The molecule has 2 rings (SSSR count). The number of aromatic nitrogens is 3. The van der Waals surface area contributed by atoms with Crippen molar-refractivity contribution in [2.75, 3.05) is 0 Å². The van der Waals surface area contributed by atoms with Crippen molar-refractivity contribution in [3.05, 3.63) is 42.5 Å². The molecule has 1 amide bonds. The minimum absolute atomic E-state index is 0.1000. The van der Waals surface area contributed by atoms with Gasteiger partial charge in [0.1, 0.15) is 12.7 Å². The molecule has 118 valence electrons. The monoisotopic (exact) mass is 301 g/mol. The number of nitrogens with two attached hydrogens (primary N) is 1. The molecule has 0 bridgehead atoms. The normalized spacial score (nSPS) is 15.1. The van der Waals surface area contributed by atoms with Crippen LogP contribution in [0.5, 0.6) is 0 Å².